The Bertz CT molecular complexity index is 759. The second-order valence-corrected chi connectivity index (χ2v) is 17.4. The van der Waals surface area contributed by atoms with Crippen molar-refractivity contribution in [3.05, 3.63) is 0 Å². The average Bonchev–Trinajstić information content (AvgIpc) is 3.03. The summed E-state index contributed by atoms with van der Waals surface area (Å²) in [7, 11) is 0. The molecule has 0 aliphatic heterocycles. The van der Waals surface area contributed by atoms with E-state index in [-0.39, 0.29) is 10.8 Å². The molecule has 9 atom stereocenters. The third-order valence-electron chi connectivity index (χ3n) is 13.3. The number of hydrogen-bond acceptors (Lipinski definition) is 1. The van der Waals surface area contributed by atoms with Crippen molar-refractivity contribution in [3.8, 4) is 0 Å². The molecule has 0 radical (unpaired) electrons. The van der Waals surface area contributed by atoms with E-state index in [0.29, 0.717) is 22.3 Å². The van der Waals surface area contributed by atoms with E-state index in [4.69, 9.17) is 4.74 Å². The van der Waals surface area contributed by atoms with Crippen LogP contribution in [0.2, 0.25) is 0 Å². The molecule has 1 heteroatoms. The summed E-state index contributed by atoms with van der Waals surface area (Å²) in [5.74, 6) is 5.36. The van der Waals surface area contributed by atoms with Gasteiger partial charge in [0.2, 0.25) is 0 Å². The summed E-state index contributed by atoms with van der Waals surface area (Å²) in [4.78, 5) is 0. The Hall–Kier alpha value is -0.0400. The highest BCUT2D eigenvalue weighted by molar-refractivity contribution is 5.16. The lowest BCUT2D eigenvalue weighted by molar-refractivity contribution is -0.211. The fourth-order valence-corrected chi connectivity index (χ4v) is 11.1. The van der Waals surface area contributed by atoms with Crippen LogP contribution in [0.25, 0.3) is 0 Å². The molecule has 4 rings (SSSR count). The molecule has 36 heavy (non-hydrogen) atoms. The summed E-state index contributed by atoms with van der Waals surface area (Å²) in [6, 6.07) is 0. The van der Waals surface area contributed by atoms with Gasteiger partial charge < -0.3 is 4.74 Å². The number of hydrogen-bond donors (Lipinski definition) is 0. The van der Waals surface area contributed by atoms with Crippen molar-refractivity contribution >= 4 is 0 Å². The lowest BCUT2D eigenvalue weighted by Gasteiger charge is -2.67. The molecule has 4 saturated carbocycles. The minimum absolute atomic E-state index is 0.252. The van der Waals surface area contributed by atoms with Crippen LogP contribution in [0.1, 0.15) is 147 Å². The molecule has 1 nitrogen and oxygen atoms in total. The monoisotopic (exact) mass is 500 g/mol. The van der Waals surface area contributed by atoms with Crippen molar-refractivity contribution < 1.29 is 4.74 Å². The molecular weight excluding hydrogens is 436 g/mol. The Morgan fingerprint density at radius 2 is 1.42 bits per heavy atom. The topological polar surface area (TPSA) is 9.23 Å². The van der Waals surface area contributed by atoms with Crippen LogP contribution < -0.4 is 0 Å². The molecule has 0 N–H and O–H groups in total. The summed E-state index contributed by atoms with van der Waals surface area (Å²) >= 11 is 0. The molecular formula is C35H64O. The van der Waals surface area contributed by atoms with Gasteiger partial charge in [0.25, 0.3) is 0 Å². The van der Waals surface area contributed by atoms with Gasteiger partial charge in [-0.05, 0) is 114 Å². The van der Waals surface area contributed by atoms with Gasteiger partial charge >= 0.3 is 0 Å². The molecule has 0 amide bonds. The Morgan fingerprint density at radius 3 is 2.06 bits per heavy atom. The fourth-order valence-electron chi connectivity index (χ4n) is 11.1. The van der Waals surface area contributed by atoms with Crippen LogP contribution >= 0.6 is 0 Å². The Kier molecular flexibility index (Phi) is 7.93. The summed E-state index contributed by atoms with van der Waals surface area (Å²) in [5.41, 5.74) is 2.14. The van der Waals surface area contributed by atoms with E-state index in [1.165, 1.54) is 70.6 Å². The smallest absolute Gasteiger partial charge is 0.0629 e. The second kappa shape index (κ2) is 9.86. The maximum absolute atomic E-state index is 6.69. The van der Waals surface area contributed by atoms with Gasteiger partial charge in [0.1, 0.15) is 0 Å². The molecule has 0 aromatic rings. The van der Waals surface area contributed by atoms with Crippen LogP contribution in [0.3, 0.4) is 0 Å². The first-order valence-electron chi connectivity index (χ1n) is 16.2. The van der Waals surface area contributed by atoms with Gasteiger partial charge in [-0.15, -0.1) is 0 Å². The first-order valence-corrected chi connectivity index (χ1v) is 16.2. The molecule has 4 fully saturated rings. The van der Waals surface area contributed by atoms with Gasteiger partial charge in [0.05, 0.1) is 12.7 Å². The molecule has 0 aromatic heterocycles. The Balaban J connectivity index is 1.51. The highest BCUT2D eigenvalue weighted by Gasteiger charge is 2.67. The van der Waals surface area contributed by atoms with E-state index in [2.05, 4.69) is 76.2 Å². The van der Waals surface area contributed by atoms with Gasteiger partial charge in [-0.1, -0.05) is 95.4 Å². The molecule has 4 aliphatic carbocycles. The lowest BCUT2D eigenvalue weighted by atomic mass is 9.38. The van der Waals surface area contributed by atoms with Gasteiger partial charge in [-0.3, -0.25) is 0 Å². The summed E-state index contributed by atoms with van der Waals surface area (Å²) in [5, 5.41) is 0. The van der Waals surface area contributed by atoms with E-state index < -0.39 is 0 Å². The molecule has 0 bridgehead atoms. The van der Waals surface area contributed by atoms with Gasteiger partial charge in [0, 0.05) is 0 Å². The third-order valence-corrected chi connectivity index (χ3v) is 13.3. The molecule has 4 aliphatic rings. The maximum atomic E-state index is 6.69. The van der Waals surface area contributed by atoms with E-state index in [0.717, 1.165) is 42.1 Å². The van der Waals surface area contributed by atoms with Crippen molar-refractivity contribution in [3.63, 3.8) is 0 Å². The van der Waals surface area contributed by atoms with Gasteiger partial charge in [-0.25, -0.2) is 0 Å². The van der Waals surface area contributed by atoms with E-state index >= 15 is 0 Å². The number of fused-ring (bicyclic) bond motifs is 5. The highest BCUT2D eigenvalue weighted by atomic mass is 16.5. The highest BCUT2D eigenvalue weighted by Crippen LogP contribution is 2.74. The predicted molar refractivity (Wildman–Crippen MR) is 156 cm³/mol. The lowest BCUT2D eigenvalue weighted by Crippen LogP contribution is -2.62. The van der Waals surface area contributed by atoms with Crippen molar-refractivity contribution in [2.45, 2.75) is 153 Å². The maximum Gasteiger partial charge on any atom is 0.0629 e. The average molecular weight is 501 g/mol. The molecule has 0 heterocycles. The molecule has 0 saturated heterocycles. The zero-order chi connectivity index (χ0) is 26.7. The SMILES string of the molecule is CC(C)CCC[C@H](C)[C@H]1CC[C@@]2(C)[C@@H]3CC[C@@H]4C(C)(C)[C@@H](OCC(C)(C)C)CC[C@]4(C)[C@H]3CC[C@]12C. The quantitative estimate of drug-likeness (QED) is 0.338. The zero-order valence-electron chi connectivity index (χ0n) is 26.4. The standard InChI is InChI=1S/C35H64O/c1-24(2)13-12-14-25(3)26-17-21-35(11)28-15-16-29-32(7,8)30(36-23-31(4,5)6)19-20-33(29,9)27(28)18-22-34(26,35)10/h24-30H,12-23H2,1-11H3/t25-,26+,27-,28+,29+,30-,33+,34+,35-/m0/s1. The number of rotatable bonds is 7. The van der Waals surface area contributed by atoms with Crippen molar-refractivity contribution in [2.75, 3.05) is 6.61 Å². The third kappa shape index (κ3) is 4.77. The van der Waals surface area contributed by atoms with Crippen LogP contribution in [0, 0.1) is 62.6 Å². The second-order valence-electron chi connectivity index (χ2n) is 17.4. The summed E-state index contributed by atoms with van der Waals surface area (Å²) in [6.07, 6.45) is 16.2. The van der Waals surface area contributed by atoms with E-state index in [1.807, 2.05) is 0 Å². The van der Waals surface area contributed by atoms with Crippen LogP contribution in [0.15, 0.2) is 0 Å². The molecule has 0 unspecified atom stereocenters. The van der Waals surface area contributed by atoms with Crippen LogP contribution in [0.5, 0.6) is 0 Å². The summed E-state index contributed by atoms with van der Waals surface area (Å²) < 4.78 is 6.69. The van der Waals surface area contributed by atoms with Crippen LogP contribution in [0.4, 0.5) is 0 Å². The summed E-state index contributed by atoms with van der Waals surface area (Å²) in [6.45, 7) is 28.7. The largest absolute Gasteiger partial charge is 0.377 e. The minimum Gasteiger partial charge on any atom is -0.377 e. The van der Waals surface area contributed by atoms with E-state index in [1.54, 1.807) is 0 Å². The molecule has 0 aromatic carbocycles. The predicted octanol–water partition coefficient (Wildman–Crippen LogP) is 10.6. The first-order chi connectivity index (χ1) is 16.6. The van der Waals surface area contributed by atoms with Gasteiger partial charge in [-0.2, -0.15) is 0 Å². The Labute approximate surface area is 226 Å². The zero-order valence-corrected chi connectivity index (χ0v) is 26.4. The Morgan fingerprint density at radius 1 is 0.750 bits per heavy atom. The first kappa shape index (κ1) is 29.0. The molecule has 0 spiro atoms. The van der Waals surface area contributed by atoms with Crippen LogP contribution in [-0.4, -0.2) is 12.7 Å². The van der Waals surface area contributed by atoms with Crippen LogP contribution in [-0.2, 0) is 4.74 Å². The normalized spacial score (nSPS) is 45.2. The molecule has 210 valence electrons. The van der Waals surface area contributed by atoms with Crippen molar-refractivity contribution in [1.29, 1.82) is 0 Å². The van der Waals surface area contributed by atoms with Crippen molar-refractivity contribution in [2.24, 2.45) is 62.6 Å². The van der Waals surface area contributed by atoms with Gasteiger partial charge in [0.15, 0.2) is 0 Å². The van der Waals surface area contributed by atoms with E-state index in [9.17, 15) is 0 Å². The minimum atomic E-state index is 0.252. The number of ether oxygens (including phenoxy) is 1. The fraction of sp³-hybridized carbons (Fsp3) is 1.00. The van der Waals surface area contributed by atoms with Crippen molar-refractivity contribution in [1.82, 2.24) is 0 Å².